The molecule has 5 heteroatoms. The Kier molecular flexibility index (Phi) is 2.68. The Bertz CT molecular complexity index is 1030. The minimum absolute atomic E-state index is 0.0907. The van der Waals surface area contributed by atoms with Crippen molar-refractivity contribution in [3.05, 3.63) is 70.8 Å². The van der Waals surface area contributed by atoms with Crippen LogP contribution >= 0.6 is 0 Å². The van der Waals surface area contributed by atoms with Gasteiger partial charge in [0.2, 0.25) is 0 Å². The quantitative estimate of drug-likeness (QED) is 0.716. The average molecular weight is 319 g/mol. The van der Waals surface area contributed by atoms with Crippen LogP contribution in [0.3, 0.4) is 0 Å². The molecule has 1 atom stereocenters. The summed E-state index contributed by atoms with van der Waals surface area (Å²) in [6, 6.07) is 10.7. The molecule has 2 aliphatic rings. The van der Waals surface area contributed by atoms with Gasteiger partial charge in [-0.3, -0.25) is 9.89 Å². The molecule has 2 heterocycles. The normalized spacial score (nSPS) is 19.4. The van der Waals surface area contributed by atoms with Gasteiger partial charge in [0.15, 0.2) is 5.78 Å². The van der Waals surface area contributed by atoms with Gasteiger partial charge in [0, 0.05) is 45.8 Å². The van der Waals surface area contributed by atoms with Crippen molar-refractivity contribution in [2.24, 2.45) is 0 Å². The fraction of sp³-hybridized carbons (Fsp3) is 0.158. The van der Waals surface area contributed by atoms with Crippen molar-refractivity contribution in [1.82, 2.24) is 10.2 Å². The number of ketones is 1. The fourth-order valence-electron chi connectivity index (χ4n) is 3.91. The van der Waals surface area contributed by atoms with Crippen LogP contribution in [0.25, 0.3) is 10.9 Å². The summed E-state index contributed by atoms with van der Waals surface area (Å²) in [4.78, 5) is 12.5. The number of halogens is 1. The molecule has 2 aromatic carbocycles. The van der Waals surface area contributed by atoms with Crippen LogP contribution < -0.4 is 5.32 Å². The maximum atomic E-state index is 14.6. The van der Waals surface area contributed by atoms with Crippen LogP contribution in [0, 0.1) is 5.82 Å². The topological polar surface area (TPSA) is 57.8 Å². The smallest absolute Gasteiger partial charge is 0.161 e. The number of carbonyl (C=O) groups is 1. The van der Waals surface area contributed by atoms with Gasteiger partial charge >= 0.3 is 0 Å². The Hall–Kier alpha value is -2.95. The van der Waals surface area contributed by atoms with Crippen LogP contribution in [0.15, 0.2) is 53.9 Å². The number of rotatable bonds is 1. The van der Waals surface area contributed by atoms with Crippen molar-refractivity contribution in [3.63, 3.8) is 0 Å². The molecule has 1 aromatic heterocycles. The third-order valence-electron chi connectivity index (χ3n) is 4.96. The predicted octanol–water partition coefficient (Wildman–Crippen LogP) is 3.88. The zero-order valence-corrected chi connectivity index (χ0v) is 12.8. The first-order valence-corrected chi connectivity index (χ1v) is 7.97. The third kappa shape index (κ3) is 1.72. The highest BCUT2D eigenvalue weighted by Crippen LogP contribution is 2.48. The van der Waals surface area contributed by atoms with Crippen LogP contribution in [-0.2, 0) is 4.79 Å². The van der Waals surface area contributed by atoms with E-state index in [1.54, 1.807) is 18.3 Å². The number of hydrogen-bond donors (Lipinski definition) is 2. The highest BCUT2D eigenvalue weighted by molar-refractivity contribution is 6.04. The van der Waals surface area contributed by atoms with Crippen molar-refractivity contribution in [1.29, 1.82) is 0 Å². The number of anilines is 1. The monoisotopic (exact) mass is 319 g/mol. The number of aromatic nitrogens is 2. The second-order valence-corrected chi connectivity index (χ2v) is 6.26. The lowest BCUT2D eigenvalue weighted by molar-refractivity contribution is -0.115. The second-order valence-electron chi connectivity index (χ2n) is 6.26. The molecule has 0 saturated carbocycles. The standard InChI is InChI=1S/C19H14FN3O/c20-12-4-2-1-3-11(12)16-17-13(7-8-15(17)24)22-14-6-5-10-9-21-23-19(10)18(14)16/h1-6,9,16,22H,7-8H2,(H,21,23). The molecule has 24 heavy (non-hydrogen) atoms. The van der Waals surface area contributed by atoms with E-state index in [0.717, 1.165) is 27.9 Å². The van der Waals surface area contributed by atoms with Gasteiger partial charge < -0.3 is 5.32 Å². The summed E-state index contributed by atoms with van der Waals surface area (Å²) in [6.07, 6.45) is 2.90. The molecule has 0 fully saturated rings. The van der Waals surface area contributed by atoms with Gasteiger partial charge in [-0.25, -0.2) is 4.39 Å². The molecule has 0 bridgehead atoms. The zero-order valence-electron chi connectivity index (χ0n) is 12.8. The van der Waals surface area contributed by atoms with E-state index in [4.69, 9.17) is 0 Å². The molecule has 0 saturated heterocycles. The van der Waals surface area contributed by atoms with Crippen molar-refractivity contribution in [2.75, 3.05) is 5.32 Å². The van der Waals surface area contributed by atoms with Gasteiger partial charge in [-0.1, -0.05) is 18.2 Å². The predicted molar refractivity (Wildman–Crippen MR) is 89.2 cm³/mol. The first-order valence-electron chi connectivity index (χ1n) is 7.97. The van der Waals surface area contributed by atoms with Crippen molar-refractivity contribution in [2.45, 2.75) is 18.8 Å². The van der Waals surface area contributed by atoms with Gasteiger partial charge in [0.25, 0.3) is 0 Å². The van der Waals surface area contributed by atoms with Crippen LogP contribution in [0.1, 0.15) is 29.9 Å². The highest BCUT2D eigenvalue weighted by atomic mass is 19.1. The Labute approximate surface area is 137 Å². The molecule has 4 nitrogen and oxygen atoms in total. The lowest BCUT2D eigenvalue weighted by atomic mass is 9.79. The minimum atomic E-state index is -0.406. The molecule has 3 aromatic rings. The summed E-state index contributed by atoms with van der Waals surface area (Å²) in [5, 5.41) is 11.5. The van der Waals surface area contributed by atoms with Gasteiger partial charge in [0.1, 0.15) is 5.82 Å². The Balaban J connectivity index is 1.86. The summed E-state index contributed by atoms with van der Waals surface area (Å²) in [7, 11) is 0. The number of nitrogens with one attached hydrogen (secondary N) is 2. The largest absolute Gasteiger partial charge is 0.358 e. The maximum absolute atomic E-state index is 14.6. The second kappa shape index (κ2) is 4.77. The molecule has 118 valence electrons. The maximum Gasteiger partial charge on any atom is 0.161 e. The molecule has 1 aliphatic heterocycles. The summed E-state index contributed by atoms with van der Waals surface area (Å²) < 4.78 is 14.6. The SMILES string of the molecule is O=C1CCC2=C1C(c1ccccc1F)c1c(ccc3cn[nH]c13)N2. The number of H-pyrrole nitrogens is 1. The van der Waals surface area contributed by atoms with Gasteiger partial charge in [-0.2, -0.15) is 5.10 Å². The fourth-order valence-corrected chi connectivity index (χ4v) is 3.91. The summed E-state index contributed by atoms with van der Waals surface area (Å²) in [5.41, 5.74) is 4.79. The molecule has 0 spiro atoms. The Morgan fingerprint density at radius 3 is 2.88 bits per heavy atom. The Morgan fingerprint density at radius 1 is 1.12 bits per heavy atom. The van der Waals surface area contributed by atoms with Crippen molar-refractivity contribution < 1.29 is 9.18 Å². The number of allylic oxidation sites excluding steroid dienone is 2. The molecule has 0 radical (unpaired) electrons. The number of nitrogens with zero attached hydrogens (tertiary/aromatic N) is 1. The molecular weight excluding hydrogens is 305 g/mol. The average Bonchev–Trinajstić information content (AvgIpc) is 3.20. The molecule has 2 N–H and O–H groups in total. The van der Waals surface area contributed by atoms with E-state index in [9.17, 15) is 9.18 Å². The van der Waals surface area contributed by atoms with E-state index in [2.05, 4.69) is 15.5 Å². The molecule has 0 amide bonds. The van der Waals surface area contributed by atoms with Crippen molar-refractivity contribution >= 4 is 22.4 Å². The summed E-state index contributed by atoms with van der Waals surface area (Å²) >= 11 is 0. The van der Waals surface area contributed by atoms with Crippen molar-refractivity contribution in [3.8, 4) is 0 Å². The summed E-state index contributed by atoms with van der Waals surface area (Å²) in [6.45, 7) is 0. The highest BCUT2D eigenvalue weighted by Gasteiger charge is 2.38. The Morgan fingerprint density at radius 2 is 2.00 bits per heavy atom. The first-order chi connectivity index (χ1) is 11.7. The number of hydrogen-bond acceptors (Lipinski definition) is 3. The van der Waals surface area contributed by atoms with E-state index in [1.807, 2.05) is 18.2 Å². The number of benzene rings is 2. The number of fused-ring (bicyclic) bond motifs is 3. The number of Topliss-reactive ketones (excluding diaryl/α,β-unsaturated/α-hetero) is 1. The molecule has 5 rings (SSSR count). The first kappa shape index (κ1) is 13.5. The van der Waals surface area contributed by atoms with Gasteiger partial charge in [-0.15, -0.1) is 0 Å². The van der Waals surface area contributed by atoms with E-state index in [0.29, 0.717) is 24.0 Å². The van der Waals surface area contributed by atoms with Crippen LogP contribution in [-0.4, -0.2) is 16.0 Å². The van der Waals surface area contributed by atoms with E-state index in [-0.39, 0.29) is 11.6 Å². The molecule has 1 aliphatic carbocycles. The van der Waals surface area contributed by atoms with E-state index in [1.165, 1.54) is 6.07 Å². The van der Waals surface area contributed by atoms with E-state index < -0.39 is 5.92 Å². The van der Waals surface area contributed by atoms with E-state index >= 15 is 0 Å². The summed E-state index contributed by atoms with van der Waals surface area (Å²) in [5.74, 6) is -0.608. The third-order valence-corrected chi connectivity index (χ3v) is 4.96. The van der Waals surface area contributed by atoms with Crippen LogP contribution in [0.5, 0.6) is 0 Å². The zero-order chi connectivity index (χ0) is 16.3. The van der Waals surface area contributed by atoms with Crippen LogP contribution in [0.2, 0.25) is 0 Å². The molecule has 1 unspecified atom stereocenters. The lowest BCUT2D eigenvalue weighted by Crippen LogP contribution is -2.20. The number of carbonyl (C=O) groups excluding carboxylic acids is 1. The van der Waals surface area contributed by atoms with Gasteiger partial charge in [-0.05, 0) is 24.6 Å². The van der Waals surface area contributed by atoms with Gasteiger partial charge in [0.05, 0.1) is 11.7 Å². The molecular formula is C19H14FN3O. The van der Waals surface area contributed by atoms with Crippen LogP contribution in [0.4, 0.5) is 10.1 Å². The number of aromatic amines is 1. The lowest BCUT2D eigenvalue weighted by Gasteiger charge is -2.29. The minimum Gasteiger partial charge on any atom is -0.358 e.